The van der Waals surface area contributed by atoms with Crippen LogP contribution in [-0.2, 0) is 4.79 Å². The number of ether oxygens (including phenoxy) is 1. The predicted molar refractivity (Wildman–Crippen MR) is 124 cm³/mol. The van der Waals surface area contributed by atoms with Gasteiger partial charge in [-0.2, -0.15) is 13.2 Å². The van der Waals surface area contributed by atoms with Gasteiger partial charge in [-0.25, -0.2) is 18.6 Å². The second kappa shape index (κ2) is 10.0. The van der Waals surface area contributed by atoms with E-state index in [2.05, 4.69) is 9.97 Å². The number of pyridine rings is 1. The largest absolute Gasteiger partial charge is 0.490 e. The molecule has 12 heteroatoms. The molecule has 0 bridgehead atoms. The Morgan fingerprint density at radius 3 is 2.46 bits per heavy atom. The number of carbonyl (C=O) groups excluding carboxylic acids is 1. The second-order valence-electron chi connectivity index (χ2n) is 8.26. The number of aliphatic carboxylic acids is 1. The number of halogens is 5. The van der Waals surface area contributed by atoms with E-state index in [0.717, 1.165) is 16.3 Å². The number of alkyl halides is 5. The highest BCUT2D eigenvalue weighted by molar-refractivity contribution is 6.06. The molecule has 7 nitrogen and oxygen atoms in total. The normalized spacial score (nSPS) is 17.2. The molecular formula is C25H20F5N3O4. The number of aromatic nitrogens is 2. The molecule has 1 unspecified atom stereocenters. The summed E-state index contributed by atoms with van der Waals surface area (Å²) in [5.74, 6) is -5.97. The van der Waals surface area contributed by atoms with Gasteiger partial charge in [-0.3, -0.25) is 4.79 Å². The molecular weight excluding hydrogens is 501 g/mol. The lowest BCUT2D eigenvalue weighted by Crippen LogP contribution is -2.55. The van der Waals surface area contributed by atoms with Crippen molar-refractivity contribution in [3.8, 4) is 5.88 Å². The van der Waals surface area contributed by atoms with E-state index < -0.39 is 30.6 Å². The summed E-state index contributed by atoms with van der Waals surface area (Å²) in [5.41, 5.74) is 1.97. The van der Waals surface area contributed by atoms with Crippen molar-refractivity contribution in [1.29, 1.82) is 0 Å². The van der Waals surface area contributed by atoms with E-state index in [1.54, 1.807) is 24.4 Å². The van der Waals surface area contributed by atoms with E-state index in [-0.39, 0.29) is 24.9 Å². The van der Waals surface area contributed by atoms with Crippen molar-refractivity contribution in [1.82, 2.24) is 14.9 Å². The Morgan fingerprint density at radius 1 is 1.05 bits per heavy atom. The van der Waals surface area contributed by atoms with Crippen molar-refractivity contribution in [3.63, 3.8) is 0 Å². The molecule has 194 valence electrons. The summed E-state index contributed by atoms with van der Waals surface area (Å²) < 4.78 is 66.5. The summed E-state index contributed by atoms with van der Waals surface area (Å²) in [7, 11) is 0. The Balaban J connectivity index is 0.000000405. The maximum Gasteiger partial charge on any atom is 0.490 e. The number of nitrogens with one attached hydrogen (secondary N) is 1. The first-order valence-corrected chi connectivity index (χ1v) is 11.0. The first-order valence-electron chi connectivity index (χ1n) is 11.0. The molecule has 4 aromatic rings. The molecule has 1 atom stereocenters. The van der Waals surface area contributed by atoms with Crippen LogP contribution in [0, 0.1) is 0 Å². The van der Waals surface area contributed by atoms with Crippen LogP contribution in [0.15, 0.2) is 66.9 Å². The van der Waals surface area contributed by atoms with Crippen LogP contribution in [0.25, 0.3) is 21.8 Å². The lowest BCUT2D eigenvalue weighted by atomic mass is 10.0. The van der Waals surface area contributed by atoms with Crippen molar-refractivity contribution in [3.05, 3.63) is 72.4 Å². The number of hydrogen-bond donors (Lipinski definition) is 2. The molecule has 0 aliphatic carbocycles. The number of benzene rings is 2. The molecule has 2 aromatic carbocycles. The number of aromatic amines is 1. The van der Waals surface area contributed by atoms with Gasteiger partial charge in [-0.1, -0.05) is 36.4 Å². The lowest BCUT2D eigenvalue weighted by molar-refractivity contribution is -0.192. The number of likely N-dealkylation sites (tertiary alicyclic amines) is 1. The topological polar surface area (TPSA) is 95.5 Å². The van der Waals surface area contributed by atoms with Gasteiger partial charge in [0.15, 0.2) is 6.10 Å². The van der Waals surface area contributed by atoms with E-state index in [0.29, 0.717) is 11.1 Å². The molecule has 1 saturated heterocycles. The number of amides is 1. The number of carboxylic acid groups (broad SMARTS) is 1. The SMILES string of the molecule is O=C(O)C(F)(F)F.O=C(c1c[nH]c2ccccc12)N1CCC(F)(F)C(Oc2ccc3ccccc3n2)C1. The van der Waals surface area contributed by atoms with Crippen LogP contribution in [0.4, 0.5) is 22.0 Å². The molecule has 37 heavy (non-hydrogen) atoms. The maximum absolute atomic E-state index is 14.6. The highest BCUT2D eigenvalue weighted by Crippen LogP contribution is 2.33. The van der Waals surface area contributed by atoms with Crippen LogP contribution in [-0.4, -0.2) is 63.1 Å². The van der Waals surface area contributed by atoms with Gasteiger partial charge in [0.2, 0.25) is 5.88 Å². The Bertz CT molecular complexity index is 1440. The average molecular weight is 521 g/mol. The first kappa shape index (κ1) is 25.9. The molecule has 2 N–H and O–H groups in total. The number of nitrogens with zero attached hydrogens (tertiary/aromatic N) is 2. The second-order valence-corrected chi connectivity index (χ2v) is 8.26. The van der Waals surface area contributed by atoms with Crippen LogP contribution in [0.2, 0.25) is 0 Å². The zero-order valence-electron chi connectivity index (χ0n) is 19.0. The van der Waals surface area contributed by atoms with Crippen molar-refractivity contribution in [2.75, 3.05) is 13.1 Å². The fraction of sp³-hybridized carbons (Fsp3) is 0.240. The van der Waals surface area contributed by atoms with E-state index in [4.69, 9.17) is 14.6 Å². The molecule has 5 rings (SSSR count). The third-order valence-corrected chi connectivity index (χ3v) is 5.76. The minimum absolute atomic E-state index is 0.0314. The van der Waals surface area contributed by atoms with Crippen LogP contribution in [0.3, 0.4) is 0 Å². The summed E-state index contributed by atoms with van der Waals surface area (Å²) in [4.78, 5) is 30.8. The number of carbonyl (C=O) groups is 2. The van der Waals surface area contributed by atoms with Gasteiger partial charge in [-0.15, -0.1) is 0 Å². The Morgan fingerprint density at radius 2 is 1.73 bits per heavy atom. The van der Waals surface area contributed by atoms with Crippen LogP contribution in [0.1, 0.15) is 16.8 Å². The molecule has 0 radical (unpaired) electrons. The van der Waals surface area contributed by atoms with E-state index in [9.17, 15) is 26.7 Å². The average Bonchev–Trinajstić information content (AvgIpc) is 3.29. The lowest BCUT2D eigenvalue weighted by Gasteiger charge is -2.37. The van der Waals surface area contributed by atoms with Crippen molar-refractivity contribution < 1.29 is 41.4 Å². The third kappa shape index (κ3) is 5.79. The quantitative estimate of drug-likeness (QED) is 0.358. The predicted octanol–water partition coefficient (Wildman–Crippen LogP) is 5.28. The minimum Gasteiger partial charge on any atom is -0.475 e. The number of fused-ring (bicyclic) bond motifs is 2. The molecule has 1 aliphatic heterocycles. The van der Waals surface area contributed by atoms with Crippen molar-refractivity contribution >= 4 is 33.7 Å². The van der Waals surface area contributed by atoms with E-state index in [1.165, 1.54) is 4.90 Å². The number of carboxylic acids is 1. The third-order valence-electron chi connectivity index (χ3n) is 5.76. The van der Waals surface area contributed by atoms with Gasteiger partial charge in [0.25, 0.3) is 11.8 Å². The van der Waals surface area contributed by atoms with Crippen LogP contribution >= 0.6 is 0 Å². The van der Waals surface area contributed by atoms with Gasteiger partial charge >= 0.3 is 12.1 Å². The van der Waals surface area contributed by atoms with E-state index in [1.807, 2.05) is 42.5 Å². The zero-order valence-corrected chi connectivity index (χ0v) is 19.0. The van der Waals surface area contributed by atoms with Gasteiger partial charge in [-0.05, 0) is 18.2 Å². The minimum atomic E-state index is -5.08. The maximum atomic E-state index is 14.6. The zero-order chi connectivity index (χ0) is 26.8. The summed E-state index contributed by atoms with van der Waals surface area (Å²) in [6.45, 7) is -0.240. The van der Waals surface area contributed by atoms with Gasteiger partial charge < -0.3 is 19.7 Å². The van der Waals surface area contributed by atoms with Crippen LogP contribution < -0.4 is 4.74 Å². The summed E-state index contributed by atoms with van der Waals surface area (Å²) in [5, 5.41) is 8.80. The Hall–Kier alpha value is -4.22. The molecule has 1 aliphatic rings. The number of para-hydroxylation sites is 2. The Labute approximate surface area is 206 Å². The fourth-order valence-corrected chi connectivity index (χ4v) is 3.86. The fourth-order valence-electron chi connectivity index (χ4n) is 3.86. The number of rotatable bonds is 3. The Kier molecular flexibility index (Phi) is 7.01. The molecule has 2 aromatic heterocycles. The van der Waals surface area contributed by atoms with Crippen molar-refractivity contribution in [2.45, 2.75) is 24.6 Å². The molecule has 3 heterocycles. The number of piperidine rings is 1. The smallest absolute Gasteiger partial charge is 0.475 e. The number of hydrogen-bond acceptors (Lipinski definition) is 4. The molecule has 1 fully saturated rings. The highest BCUT2D eigenvalue weighted by Gasteiger charge is 2.47. The molecule has 0 saturated carbocycles. The highest BCUT2D eigenvalue weighted by atomic mass is 19.4. The van der Waals surface area contributed by atoms with Gasteiger partial charge in [0, 0.05) is 41.5 Å². The van der Waals surface area contributed by atoms with Gasteiger partial charge in [0.1, 0.15) is 0 Å². The van der Waals surface area contributed by atoms with Crippen molar-refractivity contribution in [2.24, 2.45) is 0 Å². The van der Waals surface area contributed by atoms with Gasteiger partial charge in [0.05, 0.1) is 17.6 Å². The van der Waals surface area contributed by atoms with E-state index >= 15 is 0 Å². The standard InChI is InChI=1S/C23H19F2N3O2.C2HF3O2/c24-23(25)11-12-28(22(29)17-13-26-19-8-4-2-6-16(17)19)14-20(23)30-21-10-9-15-5-1-3-7-18(15)27-21;3-2(4,5)1(6)7/h1-10,13,20,26H,11-12,14H2;(H,6,7). The first-order chi connectivity index (χ1) is 17.5. The molecule has 1 amide bonds. The van der Waals surface area contributed by atoms with Crippen LogP contribution in [0.5, 0.6) is 5.88 Å². The monoisotopic (exact) mass is 521 g/mol. The molecule has 0 spiro atoms. The number of H-pyrrole nitrogens is 1. The summed E-state index contributed by atoms with van der Waals surface area (Å²) in [6, 6.07) is 18.2. The summed E-state index contributed by atoms with van der Waals surface area (Å²) in [6.07, 6.45) is -5.38. The summed E-state index contributed by atoms with van der Waals surface area (Å²) >= 11 is 0.